The first-order valence-corrected chi connectivity index (χ1v) is 13.3. The van der Waals surface area contributed by atoms with E-state index in [1.165, 1.54) is 3.97 Å². The fourth-order valence-electron chi connectivity index (χ4n) is 4.62. The Bertz CT molecular complexity index is 1330. The minimum atomic E-state index is -3.74. The van der Waals surface area contributed by atoms with Crippen molar-refractivity contribution in [1.29, 1.82) is 0 Å². The van der Waals surface area contributed by atoms with E-state index in [1.54, 1.807) is 25.4 Å². The molecule has 0 spiro atoms. The highest BCUT2D eigenvalue weighted by Gasteiger charge is 2.42. The van der Waals surface area contributed by atoms with Crippen molar-refractivity contribution in [3.8, 4) is 0 Å². The molecule has 4 heterocycles. The van der Waals surface area contributed by atoms with Crippen molar-refractivity contribution >= 4 is 49.2 Å². The van der Waals surface area contributed by atoms with Gasteiger partial charge >= 0.3 is 0 Å². The van der Waals surface area contributed by atoms with Crippen LogP contribution in [0.1, 0.15) is 37.8 Å². The quantitative estimate of drug-likeness (QED) is 0.444. The molecule has 32 heavy (non-hydrogen) atoms. The smallest absolute Gasteiger partial charge is 0.249 e. The normalized spacial score (nSPS) is 23.3. The molecule has 7 nitrogen and oxygen atoms in total. The van der Waals surface area contributed by atoms with E-state index in [2.05, 4.69) is 56.9 Å². The minimum absolute atomic E-state index is 0.389. The fraction of sp³-hybridized carbons (Fsp3) is 0.391. The van der Waals surface area contributed by atoms with Crippen LogP contribution >= 0.6 is 22.6 Å². The van der Waals surface area contributed by atoms with Crippen LogP contribution in [0.2, 0.25) is 0 Å². The molecule has 1 saturated heterocycles. The molecule has 0 bridgehead atoms. The van der Waals surface area contributed by atoms with E-state index in [9.17, 15) is 8.42 Å². The summed E-state index contributed by atoms with van der Waals surface area (Å²) >= 11 is 2.25. The number of likely N-dealkylation sites (tertiary alicyclic amines) is 1. The molecular weight excluding hydrogens is 537 g/mol. The highest BCUT2D eigenvalue weighted by molar-refractivity contribution is 14.1. The number of allylic oxidation sites excluding steroid dienone is 3. The van der Waals surface area contributed by atoms with Crippen LogP contribution in [0.15, 0.2) is 58.7 Å². The molecule has 1 unspecified atom stereocenters. The number of pyridine rings is 1. The standard InChI is InChI=1S/C23H26IN5O2S/c1-23(32(30,31)29-11-5-17-4-3-8-25-22(17)29)13-18(12-20(24)14-23)19-15-26-28(16-19)21-6-9-27(2)10-7-21/h3-5,8,11-13,15-16,21H,6-7,9-10,14H2,1-2H3. The maximum absolute atomic E-state index is 13.8. The summed E-state index contributed by atoms with van der Waals surface area (Å²) in [7, 11) is -1.59. The van der Waals surface area contributed by atoms with Crippen LogP contribution in [0.25, 0.3) is 16.6 Å². The first-order chi connectivity index (χ1) is 15.3. The lowest BCUT2D eigenvalue weighted by molar-refractivity contribution is 0.212. The molecule has 168 valence electrons. The van der Waals surface area contributed by atoms with Gasteiger partial charge in [0.15, 0.2) is 5.65 Å². The van der Waals surface area contributed by atoms with Crippen molar-refractivity contribution in [3.05, 3.63) is 64.3 Å². The van der Waals surface area contributed by atoms with E-state index >= 15 is 0 Å². The maximum Gasteiger partial charge on any atom is 0.249 e. The molecule has 1 aliphatic heterocycles. The van der Waals surface area contributed by atoms with Gasteiger partial charge in [-0.05, 0) is 95.9 Å². The lowest BCUT2D eigenvalue weighted by Crippen LogP contribution is -2.39. The van der Waals surface area contributed by atoms with Gasteiger partial charge in [0.05, 0.1) is 12.2 Å². The summed E-state index contributed by atoms with van der Waals surface area (Å²) in [5.74, 6) is 0. The van der Waals surface area contributed by atoms with Gasteiger partial charge in [-0.1, -0.05) is 6.08 Å². The number of hydrogen-bond donors (Lipinski definition) is 0. The SMILES string of the molecule is CN1CCC(n2cc(C3=CC(C)(S(=O)(=O)n4ccc5cccnc54)CC(I)=C3)cn2)CC1. The monoisotopic (exact) mass is 563 g/mol. The predicted molar refractivity (Wildman–Crippen MR) is 135 cm³/mol. The second kappa shape index (κ2) is 8.11. The van der Waals surface area contributed by atoms with E-state index in [0.29, 0.717) is 18.1 Å². The molecule has 2 aliphatic rings. The van der Waals surface area contributed by atoms with E-state index in [-0.39, 0.29) is 0 Å². The zero-order valence-electron chi connectivity index (χ0n) is 18.1. The molecule has 0 aromatic carbocycles. The van der Waals surface area contributed by atoms with Crippen molar-refractivity contribution in [2.45, 2.75) is 37.0 Å². The van der Waals surface area contributed by atoms with Crippen LogP contribution < -0.4 is 0 Å². The highest BCUT2D eigenvalue weighted by Crippen LogP contribution is 2.40. The summed E-state index contributed by atoms with van der Waals surface area (Å²) in [6, 6.07) is 5.87. The molecule has 1 atom stereocenters. The molecular formula is C23H26IN5O2S. The van der Waals surface area contributed by atoms with Crippen molar-refractivity contribution in [2.24, 2.45) is 0 Å². The third kappa shape index (κ3) is 3.73. The average Bonchev–Trinajstić information content (AvgIpc) is 3.41. The lowest BCUT2D eigenvalue weighted by Gasteiger charge is -2.30. The van der Waals surface area contributed by atoms with Gasteiger partial charge < -0.3 is 4.90 Å². The Balaban J connectivity index is 1.51. The number of rotatable bonds is 4. The third-order valence-corrected chi connectivity index (χ3v) is 9.50. The molecule has 3 aromatic rings. The van der Waals surface area contributed by atoms with Gasteiger partial charge in [0.2, 0.25) is 10.0 Å². The molecule has 0 N–H and O–H groups in total. The molecule has 0 amide bonds. The van der Waals surface area contributed by atoms with Crippen LogP contribution in [0.4, 0.5) is 0 Å². The molecule has 0 saturated carbocycles. The van der Waals surface area contributed by atoms with Gasteiger partial charge in [0.1, 0.15) is 4.75 Å². The number of halogens is 1. The Morgan fingerprint density at radius 3 is 2.78 bits per heavy atom. The van der Waals surface area contributed by atoms with Crippen molar-refractivity contribution in [3.63, 3.8) is 0 Å². The lowest BCUT2D eigenvalue weighted by atomic mass is 9.94. The largest absolute Gasteiger partial charge is 0.306 e. The summed E-state index contributed by atoms with van der Waals surface area (Å²) in [4.78, 5) is 6.66. The average molecular weight is 563 g/mol. The second-order valence-corrected chi connectivity index (χ2v) is 12.6. The Morgan fingerprint density at radius 1 is 1.22 bits per heavy atom. The van der Waals surface area contributed by atoms with Crippen LogP contribution in [-0.4, -0.2) is 56.9 Å². The summed E-state index contributed by atoms with van der Waals surface area (Å²) in [6.07, 6.45) is 13.7. The molecule has 1 aliphatic carbocycles. The molecule has 0 radical (unpaired) electrons. The Kier molecular flexibility index (Phi) is 5.53. The van der Waals surface area contributed by atoms with Gasteiger partial charge in [-0.25, -0.2) is 17.4 Å². The molecule has 9 heteroatoms. The van der Waals surface area contributed by atoms with Crippen LogP contribution in [0, 0.1) is 0 Å². The van der Waals surface area contributed by atoms with E-state index in [0.717, 1.165) is 46.0 Å². The topological polar surface area (TPSA) is 73.0 Å². The van der Waals surface area contributed by atoms with E-state index in [4.69, 9.17) is 0 Å². The van der Waals surface area contributed by atoms with Gasteiger partial charge in [0, 0.05) is 36.0 Å². The predicted octanol–water partition coefficient (Wildman–Crippen LogP) is 4.24. The van der Waals surface area contributed by atoms with Gasteiger partial charge in [0.25, 0.3) is 0 Å². The minimum Gasteiger partial charge on any atom is -0.306 e. The van der Waals surface area contributed by atoms with Gasteiger partial charge in [-0.15, -0.1) is 0 Å². The summed E-state index contributed by atoms with van der Waals surface area (Å²) in [5.41, 5.74) is 2.31. The fourth-order valence-corrected chi connectivity index (χ4v) is 7.67. The van der Waals surface area contributed by atoms with Crippen molar-refractivity contribution in [1.82, 2.24) is 23.6 Å². The summed E-state index contributed by atoms with van der Waals surface area (Å²) in [5, 5.41) is 5.44. The van der Waals surface area contributed by atoms with Gasteiger partial charge in [-0.2, -0.15) is 5.10 Å². The number of aromatic nitrogens is 4. The zero-order chi connectivity index (χ0) is 22.5. The highest BCUT2D eigenvalue weighted by atomic mass is 127. The van der Waals surface area contributed by atoms with Crippen LogP contribution in [-0.2, 0) is 10.0 Å². The number of nitrogens with zero attached hydrogens (tertiary/aromatic N) is 5. The van der Waals surface area contributed by atoms with Crippen LogP contribution in [0.3, 0.4) is 0 Å². The number of fused-ring (bicyclic) bond motifs is 1. The number of piperidine rings is 1. The van der Waals surface area contributed by atoms with Gasteiger partial charge in [-0.3, -0.25) is 4.68 Å². The second-order valence-electron chi connectivity index (χ2n) is 8.96. The van der Waals surface area contributed by atoms with Crippen LogP contribution in [0.5, 0.6) is 0 Å². The first kappa shape index (κ1) is 21.8. The molecule has 3 aromatic heterocycles. The van der Waals surface area contributed by atoms with Crippen molar-refractivity contribution in [2.75, 3.05) is 20.1 Å². The maximum atomic E-state index is 13.8. The molecule has 1 fully saturated rings. The van der Waals surface area contributed by atoms with Crippen molar-refractivity contribution < 1.29 is 8.42 Å². The van der Waals surface area contributed by atoms with E-state index < -0.39 is 14.8 Å². The summed E-state index contributed by atoms with van der Waals surface area (Å²) < 4.78 is 30.9. The Hall–Kier alpha value is -1.98. The zero-order valence-corrected chi connectivity index (χ0v) is 21.1. The third-order valence-electron chi connectivity index (χ3n) is 6.55. The Labute approximate surface area is 202 Å². The number of hydrogen-bond acceptors (Lipinski definition) is 5. The molecule has 5 rings (SSSR count). The first-order valence-electron chi connectivity index (χ1n) is 10.8. The van der Waals surface area contributed by atoms with E-state index in [1.807, 2.05) is 29.1 Å². The summed E-state index contributed by atoms with van der Waals surface area (Å²) in [6.45, 7) is 3.93. The Morgan fingerprint density at radius 2 is 2.00 bits per heavy atom.